The molecule has 0 atom stereocenters. The molecule has 2 rings (SSSR count). The lowest BCUT2D eigenvalue weighted by atomic mass is 9.98. The zero-order valence-corrected chi connectivity index (χ0v) is 16.3. The summed E-state index contributed by atoms with van der Waals surface area (Å²) in [7, 11) is 2.80. The number of amides is 1. The average Bonchev–Trinajstić information content (AvgIpc) is 2.66. The summed E-state index contributed by atoms with van der Waals surface area (Å²) < 4.78 is 15.5. The first-order chi connectivity index (χ1) is 12.9. The van der Waals surface area contributed by atoms with Gasteiger partial charge in [-0.1, -0.05) is 32.0 Å². The van der Waals surface area contributed by atoms with E-state index in [-0.39, 0.29) is 29.7 Å². The summed E-state index contributed by atoms with van der Waals surface area (Å²) in [5, 5.41) is 2.91. The van der Waals surface area contributed by atoms with Gasteiger partial charge in [0.1, 0.15) is 17.1 Å². The smallest absolute Gasteiger partial charge is 0.341 e. The number of ether oxygens (including phenoxy) is 3. The van der Waals surface area contributed by atoms with Crippen molar-refractivity contribution in [2.45, 2.75) is 26.7 Å². The van der Waals surface area contributed by atoms with Crippen LogP contribution in [0, 0.1) is 6.92 Å². The topological polar surface area (TPSA) is 73.9 Å². The minimum Gasteiger partial charge on any atom is -0.497 e. The van der Waals surface area contributed by atoms with Crippen LogP contribution in [0.4, 0.5) is 5.69 Å². The SMILES string of the molecule is COC(=O)c1ccc(OC)cc1OCC(=O)Nc1c(C)cccc1C(C)C. The van der Waals surface area contributed by atoms with Gasteiger partial charge in [-0.15, -0.1) is 0 Å². The number of anilines is 1. The molecule has 0 heterocycles. The highest BCUT2D eigenvalue weighted by molar-refractivity contribution is 5.95. The van der Waals surface area contributed by atoms with E-state index in [2.05, 4.69) is 19.2 Å². The van der Waals surface area contributed by atoms with Crippen molar-refractivity contribution in [3.8, 4) is 11.5 Å². The number of aryl methyl sites for hydroxylation is 1. The number of hydrogen-bond donors (Lipinski definition) is 1. The van der Waals surface area contributed by atoms with E-state index in [4.69, 9.17) is 14.2 Å². The monoisotopic (exact) mass is 371 g/mol. The van der Waals surface area contributed by atoms with Crippen molar-refractivity contribution in [2.75, 3.05) is 26.1 Å². The van der Waals surface area contributed by atoms with Crippen LogP contribution in [0.15, 0.2) is 36.4 Å². The fourth-order valence-corrected chi connectivity index (χ4v) is 2.69. The van der Waals surface area contributed by atoms with Crippen molar-refractivity contribution in [2.24, 2.45) is 0 Å². The fourth-order valence-electron chi connectivity index (χ4n) is 2.69. The molecule has 0 aliphatic rings. The van der Waals surface area contributed by atoms with Crippen LogP contribution >= 0.6 is 0 Å². The van der Waals surface area contributed by atoms with Gasteiger partial charge in [-0.2, -0.15) is 0 Å². The molecule has 6 nitrogen and oxygen atoms in total. The molecule has 0 spiro atoms. The molecule has 0 bridgehead atoms. The summed E-state index contributed by atoms with van der Waals surface area (Å²) in [6, 6.07) is 10.6. The lowest BCUT2D eigenvalue weighted by molar-refractivity contribution is -0.118. The molecule has 0 aliphatic heterocycles. The molecule has 2 aromatic carbocycles. The van der Waals surface area contributed by atoms with Gasteiger partial charge in [-0.05, 0) is 36.1 Å². The van der Waals surface area contributed by atoms with Crippen LogP contribution in [0.2, 0.25) is 0 Å². The van der Waals surface area contributed by atoms with Crippen LogP contribution in [0.25, 0.3) is 0 Å². The van der Waals surface area contributed by atoms with Gasteiger partial charge in [0, 0.05) is 11.8 Å². The highest BCUT2D eigenvalue weighted by Crippen LogP contribution is 2.28. The number of methoxy groups -OCH3 is 2. The van der Waals surface area contributed by atoms with Crippen LogP contribution < -0.4 is 14.8 Å². The summed E-state index contributed by atoms with van der Waals surface area (Å²) in [5.74, 6) is 0.147. The second-order valence-electron chi connectivity index (χ2n) is 6.38. The van der Waals surface area contributed by atoms with Gasteiger partial charge in [-0.25, -0.2) is 4.79 Å². The Bertz CT molecular complexity index is 829. The zero-order chi connectivity index (χ0) is 20.0. The molecule has 0 saturated carbocycles. The Morgan fingerprint density at radius 2 is 1.85 bits per heavy atom. The van der Waals surface area contributed by atoms with Gasteiger partial charge in [0.2, 0.25) is 0 Å². The van der Waals surface area contributed by atoms with Gasteiger partial charge in [0.15, 0.2) is 6.61 Å². The quantitative estimate of drug-likeness (QED) is 0.747. The van der Waals surface area contributed by atoms with E-state index in [1.807, 2.05) is 25.1 Å². The van der Waals surface area contributed by atoms with E-state index < -0.39 is 5.97 Å². The number of nitrogens with one attached hydrogen (secondary N) is 1. The molecule has 27 heavy (non-hydrogen) atoms. The van der Waals surface area contributed by atoms with Crippen molar-refractivity contribution in [1.29, 1.82) is 0 Å². The fraction of sp³-hybridized carbons (Fsp3) is 0.333. The standard InChI is InChI=1S/C21H25NO5/c1-13(2)16-8-6-7-14(3)20(16)22-19(23)12-27-18-11-15(25-4)9-10-17(18)21(24)26-5/h6-11,13H,12H2,1-5H3,(H,22,23). The van der Waals surface area contributed by atoms with Crippen LogP contribution in [0.5, 0.6) is 11.5 Å². The molecule has 0 aromatic heterocycles. The Balaban J connectivity index is 2.16. The minimum atomic E-state index is -0.547. The van der Waals surface area contributed by atoms with Gasteiger partial charge in [0.25, 0.3) is 5.91 Å². The van der Waals surface area contributed by atoms with Crippen molar-refractivity contribution < 1.29 is 23.8 Å². The highest BCUT2D eigenvalue weighted by Gasteiger charge is 2.17. The largest absolute Gasteiger partial charge is 0.497 e. The van der Waals surface area contributed by atoms with Crippen molar-refractivity contribution >= 4 is 17.6 Å². The molecule has 2 aromatic rings. The predicted molar refractivity (Wildman–Crippen MR) is 104 cm³/mol. The Morgan fingerprint density at radius 3 is 2.48 bits per heavy atom. The van der Waals surface area contributed by atoms with Gasteiger partial charge in [-0.3, -0.25) is 4.79 Å². The van der Waals surface area contributed by atoms with Gasteiger partial charge in [0.05, 0.1) is 14.2 Å². The van der Waals surface area contributed by atoms with E-state index in [0.29, 0.717) is 5.75 Å². The van der Waals surface area contributed by atoms with E-state index in [1.165, 1.54) is 20.3 Å². The molecular weight excluding hydrogens is 346 g/mol. The maximum atomic E-state index is 12.4. The van der Waals surface area contributed by atoms with Crippen LogP contribution in [-0.2, 0) is 9.53 Å². The summed E-state index contributed by atoms with van der Waals surface area (Å²) in [6.07, 6.45) is 0. The first-order valence-corrected chi connectivity index (χ1v) is 8.65. The molecule has 6 heteroatoms. The number of carbonyl (C=O) groups excluding carboxylic acids is 2. The third-order valence-corrected chi connectivity index (χ3v) is 4.14. The van der Waals surface area contributed by atoms with E-state index in [9.17, 15) is 9.59 Å². The normalized spacial score (nSPS) is 10.4. The number of benzene rings is 2. The molecule has 0 saturated heterocycles. The molecular formula is C21H25NO5. The Labute approximate surface area is 159 Å². The van der Waals surface area contributed by atoms with Crippen molar-refractivity contribution in [3.05, 3.63) is 53.1 Å². The van der Waals surface area contributed by atoms with Crippen LogP contribution in [0.1, 0.15) is 41.3 Å². The molecule has 0 radical (unpaired) electrons. The Kier molecular flexibility index (Phi) is 6.82. The zero-order valence-electron chi connectivity index (χ0n) is 16.3. The van der Waals surface area contributed by atoms with Gasteiger partial charge >= 0.3 is 5.97 Å². The first-order valence-electron chi connectivity index (χ1n) is 8.65. The third-order valence-electron chi connectivity index (χ3n) is 4.14. The molecule has 144 valence electrons. The van der Waals surface area contributed by atoms with Crippen molar-refractivity contribution in [1.82, 2.24) is 0 Å². The third kappa shape index (κ3) is 5.00. The first kappa shape index (κ1) is 20.3. The maximum Gasteiger partial charge on any atom is 0.341 e. The van der Waals surface area contributed by atoms with E-state index in [0.717, 1.165) is 16.8 Å². The second-order valence-corrected chi connectivity index (χ2v) is 6.38. The van der Waals surface area contributed by atoms with Crippen LogP contribution in [0.3, 0.4) is 0 Å². The lowest BCUT2D eigenvalue weighted by Gasteiger charge is -2.17. The predicted octanol–water partition coefficient (Wildman–Crippen LogP) is 3.93. The molecule has 0 aliphatic carbocycles. The van der Waals surface area contributed by atoms with Gasteiger partial charge < -0.3 is 19.5 Å². The number of hydrogen-bond acceptors (Lipinski definition) is 5. The molecule has 1 amide bonds. The number of rotatable bonds is 7. The second kappa shape index (κ2) is 9.07. The van der Waals surface area contributed by atoms with Crippen molar-refractivity contribution in [3.63, 3.8) is 0 Å². The minimum absolute atomic E-state index is 0.227. The average molecular weight is 371 g/mol. The van der Waals surface area contributed by atoms with E-state index in [1.54, 1.807) is 12.1 Å². The molecule has 0 fully saturated rings. The number of esters is 1. The lowest BCUT2D eigenvalue weighted by Crippen LogP contribution is -2.22. The summed E-state index contributed by atoms with van der Waals surface area (Å²) in [6.45, 7) is 5.84. The molecule has 1 N–H and O–H groups in total. The van der Waals surface area contributed by atoms with E-state index >= 15 is 0 Å². The summed E-state index contributed by atoms with van der Waals surface area (Å²) in [4.78, 5) is 24.3. The maximum absolute atomic E-state index is 12.4. The van der Waals surface area contributed by atoms with Crippen LogP contribution in [-0.4, -0.2) is 32.7 Å². The Hall–Kier alpha value is -3.02. The molecule has 0 unspecified atom stereocenters. The summed E-state index contributed by atoms with van der Waals surface area (Å²) in [5.41, 5.74) is 3.05. The number of para-hydroxylation sites is 1. The number of carbonyl (C=O) groups is 2. The highest BCUT2D eigenvalue weighted by atomic mass is 16.5. The Morgan fingerprint density at radius 1 is 1.11 bits per heavy atom. The summed E-state index contributed by atoms with van der Waals surface area (Å²) >= 11 is 0.